The van der Waals surface area contributed by atoms with Crippen LogP contribution in [0.2, 0.25) is 0 Å². The summed E-state index contributed by atoms with van der Waals surface area (Å²) in [5.41, 5.74) is 0.505. The summed E-state index contributed by atoms with van der Waals surface area (Å²) in [4.78, 5) is 4.30. The Balaban J connectivity index is 2.16. The number of ether oxygens (including phenoxy) is 1. The van der Waals surface area contributed by atoms with E-state index < -0.39 is 0 Å². The van der Waals surface area contributed by atoms with Crippen molar-refractivity contribution in [3.8, 4) is 23.0 Å². The zero-order valence-electron chi connectivity index (χ0n) is 12.0. The van der Waals surface area contributed by atoms with Crippen molar-refractivity contribution < 1.29 is 14.4 Å². The van der Waals surface area contributed by atoms with Crippen LogP contribution in [0, 0.1) is 0 Å². The van der Waals surface area contributed by atoms with Crippen LogP contribution in [0.5, 0.6) is 11.5 Å². The maximum atomic E-state index is 9.93. The van der Waals surface area contributed by atoms with E-state index >= 15 is 0 Å². The van der Waals surface area contributed by atoms with E-state index in [-0.39, 0.29) is 10.5 Å². The molecule has 0 saturated carbocycles. The third-order valence-corrected chi connectivity index (χ3v) is 3.81. The number of phenols is 1. The molecule has 0 amide bonds. The van der Waals surface area contributed by atoms with E-state index in [9.17, 15) is 5.11 Å². The lowest BCUT2D eigenvalue weighted by Gasteiger charge is -2.15. The molecule has 1 heterocycles. The Morgan fingerprint density at radius 2 is 2.10 bits per heavy atom. The van der Waals surface area contributed by atoms with Crippen LogP contribution in [0.25, 0.3) is 11.5 Å². The minimum absolute atomic E-state index is 0.0584. The van der Waals surface area contributed by atoms with Crippen LogP contribution in [-0.4, -0.2) is 27.1 Å². The second-order valence-electron chi connectivity index (χ2n) is 5.30. The molecule has 2 rings (SSSR count). The first-order chi connectivity index (χ1) is 9.39. The highest BCUT2D eigenvalue weighted by molar-refractivity contribution is 7.99. The summed E-state index contributed by atoms with van der Waals surface area (Å²) in [6.07, 6.45) is 0. The summed E-state index contributed by atoms with van der Waals surface area (Å²) < 4.78 is 10.4. The van der Waals surface area contributed by atoms with Crippen molar-refractivity contribution in [2.45, 2.75) is 31.3 Å². The van der Waals surface area contributed by atoms with E-state index in [0.717, 1.165) is 0 Å². The molecule has 0 aliphatic heterocycles. The van der Waals surface area contributed by atoms with Gasteiger partial charge in [-0.25, -0.2) is 0 Å². The monoisotopic (exact) mass is 294 g/mol. The van der Waals surface area contributed by atoms with Gasteiger partial charge in [0.2, 0.25) is 0 Å². The number of thioether (sulfide) groups is 1. The van der Waals surface area contributed by atoms with Crippen LogP contribution in [0.3, 0.4) is 0 Å². The van der Waals surface area contributed by atoms with Crippen LogP contribution >= 0.6 is 11.8 Å². The highest BCUT2D eigenvalue weighted by Crippen LogP contribution is 2.32. The highest BCUT2D eigenvalue weighted by atomic mass is 32.2. The fourth-order valence-electron chi connectivity index (χ4n) is 1.52. The lowest BCUT2D eigenvalue weighted by atomic mass is 10.2. The molecule has 6 heteroatoms. The van der Waals surface area contributed by atoms with Gasteiger partial charge in [-0.1, -0.05) is 25.9 Å². The largest absolute Gasteiger partial charge is 0.507 e. The van der Waals surface area contributed by atoms with E-state index in [2.05, 4.69) is 30.9 Å². The van der Waals surface area contributed by atoms with E-state index in [1.54, 1.807) is 31.0 Å². The number of hydrogen-bond donors (Lipinski definition) is 1. The molecule has 5 nitrogen and oxygen atoms in total. The Morgan fingerprint density at radius 3 is 2.70 bits per heavy atom. The molecule has 1 aromatic heterocycles. The number of phenolic OH excluding ortho intramolecular Hbond substituents is 1. The molecule has 1 aromatic carbocycles. The Hall–Kier alpha value is -1.69. The SMILES string of the molecule is COc1ccc(-c2nc(CSC(C)(C)C)no2)c(O)c1. The Morgan fingerprint density at radius 1 is 1.35 bits per heavy atom. The number of aromatic hydroxyl groups is 1. The van der Waals surface area contributed by atoms with Crippen LogP contribution in [0.1, 0.15) is 26.6 Å². The molecular formula is C14H18N2O3S. The average Bonchev–Trinajstić information content (AvgIpc) is 2.84. The average molecular weight is 294 g/mol. The smallest absolute Gasteiger partial charge is 0.261 e. The summed E-state index contributed by atoms with van der Waals surface area (Å²) in [5, 5.41) is 13.9. The summed E-state index contributed by atoms with van der Waals surface area (Å²) in [7, 11) is 1.54. The number of aromatic nitrogens is 2. The van der Waals surface area contributed by atoms with Crippen LogP contribution in [0.15, 0.2) is 22.7 Å². The van der Waals surface area contributed by atoms with Gasteiger partial charge in [0.15, 0.2) is 5.82 Å². The van der Waals surface area contributed by atoms with Crippen molar-refractivity contribution in [3.05, 3.63) is 24.0 Å². The van der Waals surface area contributed by atoms with Crippen LogP contribution in [-0.2, 0) is 5.75 Å². The molecule has 0 saturated heterocycles. The quantitative estimate of drug-likeness (QED) is 0.931. The van der Waals surface area contributed by atoms with Crippen molar-refractivity contribution in [1.82, 2.24) is 10.1 Å². The van der Waals surface area contributed by atoms with E-state index in [0.29, 0.717) is 28.8 Å². The van der Waals surface area contributed by atoms with Crippen LogP contribution in [0.4, 0.5) is 0 Å². The van der Waals surface area contributed by atoms with Gasteiger partial charge in [-0.15, -0.1) is 11.8 Å². The van der Waals surface area contributed by atoms with Gasteiger partial charge in [0.05, 0.1) is 18.4 Å². The van der Waals surface area contributed by atoms with E-state index in [4.69, 9.17) is 9.26 Å². The number of rotatable bonds is 4. The van der Waals surface area contributed by atoms with E-state index in [1.807, 2.05) is 0 Å². The fourth-order valence-corrected chi connectivity index (χ4v) is 2.20. The summed E-state index contributed by atoms with van der Waals surface area (Å²) in [6.45, 7) is 6.40. The summed E-state index contributed by atoms with van der Waals surface area (Å²) in [6, 6.07) is 4.95. The second kappa shape index (κ2) is 5.75. The van der Waals surface area contributed by atoms with Gasteiger partial charge in [-0.3, -0.25) is 0 Å². The van der Waals surface area contributed by atoms with Crippen LogP contribution < -0.4 is 4.74 Å². The number of hydrogen-bond acceptors (Lipinski definition) is 6. The molecule has 0 spiro atoms. The molecule has 20 heavy (non-hydrogen) atoms. The normalized spacial score (nSPS) is 11.6. The molecule has 0 atom stereocenters. The molecule has 0 bridgehead atoms. The van der Waals surface area contributed by atoms with Gasteiger partial charge in [0, 0.05) is 10.8 Å². The first-order valence-corrected chi connectivity index (χ1v) is 7.21. The minimum Gasteiger partial charge on any atom is -0.507 e. The predicted molar refractivity (Wildman–Crippen MR) is 79.0 cm³/mol. The Bertz CT molecular complexity index is 590. The van der Waals surface area contributed by atoms with Gasteiger partial charge < -0.3 is 14.4 Å². The Kier molecular flexibility index (Phi) is 4.23. The number of nitrogens with zero attached hydrogens (tertiary/aromatic N) is 2. The zero-order valence-corrected chi connectivity index (χ0v) is 12.8. The first-order valence-electron chi connectivity index (χ1n) is 6.23. The lowest BCUT2D eigenvalue weighted by molar-refractivity contribution is 0.404. The molecule has 0 radical (unpaired) electrons. The standard InChI is InChI=1S/C14H18N2O3S/c1-14(2,3)20-8-12-15-13(19-16-12)10-6-5-9(18-4)7-11(10)17/h5-7,17H,8H2,1-4H3. The van der Waals surface area contributed by atoms with Crippen molar-refractivity contribution in [2.75, 3.05) is 7.11 Å². The zero-order chi connectivity index (χ0) is 14.8. The second-order valence-corrected chi connectivity index (χ2v) is 7.10. The highest BCUT2D eigenvalue weighted by Gasteiger charge is 2.16. The molecule has 1 N–H and O–H groups in total. The van der Waals surface area contributed by atoms with Crippen molar-refractivity contribution in [2.24, 2.45) is 0 Å². The minimum atomic E-state index is 0.0584. The molecular weight excluding hydrogens is 276 g/mol. The fraction of sp³-hybridized carbons (Fsp3) is 0.429. The molecule has 0 aliphatic rings. The maximum Gasteiger partial charge on any atom is 0.261 e. The molecule has 0 aliphatic carbocycles. The van der Waals surface area contributed by atoms with Gasteiger partial charge in [-0.2, -0.15) is 4.98 Å². The molecule has 0 fully saturated rings. The van der Waals surface area contributed by atoms with E-state index in [1.165, 1.54) is 6.07 Å². The predicted octanol–water partition coefficient (Wildman–Crippen LogP) is 3.48. The lowest BCUT2D eigenvalue weighted by Crippen LogP contribution is -2.07. The van der Waals surface area contributed by atoms with Crippen molar-refractivity contribution in [3.63, 3.8) is 0 Å². The Labute approximate surface area is 122 Å². The topological polar surface area (TPSA) is 68.4 Å². The first kappa shape index (κ1) is 14.7. The third-order valence-electron chi connectivity index (χ3n) is 2.54. The molecule has 2 aromatic rings. The number of benzene rings is 1. The van der Waals surface area contributed by atoms with Gasteiger partial charge in [-0.05, 0) is 12.1 Å². The van der Waals surface area contributed by atoms with Crippen molar-refractivity contribution >= 4 is 11.8 Å². The maximum absolute atomic E-state index is 9.93. The van der Waals surface area contributed by atoms with Gasteiger partial charge >= 0.3 is 0 Å². The van der Waals surface area contributed by atoms with Crippen molar-refractivity contribution in [1.29, 1.82) is 0 Å². The third kappa shape index (κ3) is 3.66. The number of methoxy groups -OCH3 is 1. The van der Waals surface area contributed by atoms with Gasteiger partial charge in [0.25, 0.3) is 5.89 Å². The molecule has 108 valence electrons. The van der Waals surface area contributed by atoms with Gasteiger partial charge in [0.1, 0.15) is 11.5 Å². The summed E-state index contributed by atoms with van der Waals surface area (Å²) >= 11 is 1.74. The molecule has 0 unspecified atom stereocenters. The summed E-state index contributed by atoms with van der Waals surface area (Å²) in [5.74, 6) is 2.24.